The van der Waals surface area contributed by atoms with Crippen molar-refractivity contribution in [2.24, 2.45) is 4.99 Å². The van der Waals surface area contributed by atoms with Gasteiger partial charge in [0.1, 0.15) is 5.71 Å². The van der Waals surface area contributed by atoms with Gasteiger partial charge in [-0.3, -0.25) is 4.79 Å². The first-order chi connectivity index (χ1) is 22.7. The highest BCUT2D eigenvalue weighted by atomic mass is 16.1. The molecular weight excluding hydrogens is 560 g/mol. The smallest absolute Gasteiger partial charge is 0.197 e. The van der Waals surface area contributed by atoms with E-state index in [0.717, 1.165) is 72.0 Å². The van der Waals surface area contributed by atoms with Crippen molar-refractivity contribution in [2.45, 2.75) is 11.8 Å². The number of hydrogen-bond acceptors (Lipinski definition) is 3. The molecule has 2 aliphatic rings. The Hall–Kier alpha value is -5.93. The van der Waals surface area contributed by atoms with Crippen LogP contribution in [0.5, 0.6) is 0 Å². The van der Waals surface area contributed by atoms with Crippen molar-refractivity contribution in [1.29, 1.82) is 0 Å². The predicted molar refractivity (Wildman–Crippen MR) is 188 cm³/mol. The van der Waals surface area contributed by atoms with Gasteiger partial charge in [-0.05, 0) is 64.1 Å². The van der Waals surface area contributed by atoms with Crippen molar-refractivity contribution in [2.75, 3.05) is 0 Å². The number of benzene rings is 6. The van der Waals surface area contributed by atoms with Gasteiger partial charge in [0.25, 0.3) is 0 Å². The number of fused-ring (bicyclic) bond motifs is 6. The quantitative estimate of drug-likeness (QED) is 0.192. The van der Waals surface area contributed by atoms with Crippen molar-refractivity contribution in [3.05, 3.63) is 174 Å². The molecule has 1 aromatic heterocycles. The van der Waals surface area contributed by atoms with Crippen LogP contribution < -0.4 is 0 Å². The monoisotopic (exact) mass is 588 g/mol. The number of carbonyl (C=O) groups excluding carboxylic acids is 1. The number of Topliss-reactive ketones (excluding diaryl/α,β-unsaturated/α-hetero) is 1. The molecule has 9 rings (SSSR count). The zero-order valence-corrected chi connectivity index (χ0v) is 25.0. The Kier molecular flexibility index (Phi) is 5.94. The number of pyridine rings is 1. The van der Waals surface area contributed by atoms with Crippen LogP contribution in [0.4, 0.5) is 5.69 Å². The lowest BCUT2D eigenvalue weighted by Crippen LogP contribution is -2.44. The Morgan fingerprint density at radius 1 is 0.565 bits per heavy atom. The molecule has 0 saturated carbocycles. The molecule has 3 heteroatoms. The van der Waals surface area contributed by atoms with E-state index >= 15 is 4.79 Å². The number of rotatable bonds is 4. The summed E-state index contributed by atoms with van der Waals surface area (Å²) in [6, 6.07) is 51.9. The minimum absolute atomic E-state index is 0.0230. The van der Waals surface area contributed by atoms with Crippen molar-refractivity contribution >= 4 is 44.6 Å². The Bertz CT molecular complexity index is 2320. The fourth-order valence-corrected chi connectivity index (χ4v) is 7.49. The van der Waals surface area contributed by atoms with Crippen molar-refractivity contribution < 1.29 is 4.79 Å². The fraction of sp³-hybridized carbons (Fsp3) is 0.0465. The number of carbonyl (C=O) groups is 1. The molecule has 0 atom stereocenters. The van der Waals surface area contributed by atoms with Gasteiger partial charge in [-0.2, -0.15) is 0 Å². The molecule has 0 unspecified atom stereocenters. The molecule has 7 aromatic rings. The second-order valence-corrected chi connectivity index (χ2v) is 12.0. The number of aliphatic imine (C=N–C) groups is 1. The van der Waals surface area contributed by atoms with Crippen molar-refractivity contribution in [3.8, 4) is 22.3 Å². The standard InChI is InChI=1S/C43H28N2O/c46-42-41-33(40-34-27-30-17-7-12-22-37(30)44-38(34)23-24-39(40)45-41)25-26-43(42,35-20-10-8-18-31(35)28-13-3-1-4-14-28)36-21-11-9-19-32(36)29-15-5-2-6-16-29/h1-25,27H,26H2. The summed E-state index contributed by atoms with van der Waals surface area (Å²) in [5.74, 6) is 0.0230. The van der Waals surface area contributed by atoms with Gasteiger partial charge < -0.3 is 0 Å². The maximum absolute atomic E-state index is 15.5. The molecule has 216 valence electrons. The van der Waals surface area contributed by atoms with Crippen LogP contribution in [0.3, 0.4) is 0 Å². The van der Waals surface area contributed by atoms with Gasteiger partial charge in [0, 0.05) is 21.9 Å². The van der Waals surface area contributed by atoms with Gasteiger partial charge >= 0.3 is 0 Å². The number of hydrogen-bond donors (Lipinski definition) is 0. The van der Waals surface area contributed by atoms with Crippen LogP contribution in [0.25, 0.3) is 49.6 Å². The molecule has 0 amide bonds. The Labute approximate surface area is 267 Å². The number of aromatic nitrogens is 1. The molecule has 0 bridgehead atoms. The molecule has 0 fully saturated rings. The van der Waals surface area contributed by atoms with E-state index in [1.54, 1.807) is 0 Å². The summed E-state index contributed by atoms with van der Waals surface area (Å²) in [7, 11) is 0. The van der Waals surface area contributed by atoms with E-state index in [1.165, 1.54) is 0 Å². The van der Waals surface area contributed by atoms with Gasteiger partial charge in [0.15, 0.2) is 5.78 Å². The third kappa shape index (κ3) is 3.88. The Morgan fingerprint density at radius 2 is 1.15 bits per heavy atom. The number of ketones is 1. The van der Waals surface area contributed by atoms with E-state index < -0.39 is 5.41 Å². The lowest BCUT2D eigenvalue weighted by atomic mass is 9.61. The van der Waals surface area contributed by atoms with Crippen LogP contribution in [0.2, 0.25) is 0 Å². The topological polar surface area (TPSA) is 42.3 Å². The highest BCUT2D eigenvalue weighted by Crippen LogP contribution is 2.52. The van der Waals surface area contributed by atoms with Crippen LogP contribution in [0.15, 0.2) is 163 Å². The highest BCUT2D eigenvalue weighted by molar-refractivity contribution is 6.62. The molecule has 0 spiro atoms. The largest absolute Gasteiger partial charge is 0.291 e. The molecule has 1 aliphatic carbocycles. The number of para-hydroxylation sites is 1. The summed E-state index contributed by atoms with van der Waals surface area (Å²) < 4.78 is 0. The van der Waals surface area contributed by atoms with E-state index in [-0.39, 0.29) is 5.78 Å². The first-order valence-corrected chi connectivity index (χ1v) is 15.7. The van der Waals surface area contributed by atoms with E-state index in [2.05, 4.69) is 115 Å². The second-order valence-electron chi connectivity index (χ2n) is 12.0. The third-order valence-electron chi connectivity index (χ3n) is 9.59. The maximum Gasteiger partial charge on any atom is 0.197 e. The van der Waals surface area contributed by atoms with Crippen molar-refractivity contribution in [3.63, 3.8) is 0 Å². The van der Waals surface area contributed by atoms with Gasteiger partial charge in [-0.25, -0.2) is 9.98 Å². The molecule has 2 heterocycles. The fourth-order valence-electron chi connectivity index (χ4n) is 7.49. The molecule has 46 heavy (non-hydrogen) atoms. The SMILES string of the molecule is O=C1C2=Nc3ccc4nc5ccccc5cc4c3C2=CCC1(c1ccccc1-c1ccccc1)c1ccccc1-c1ccccc1. The zero-order valence-electron chi connectivity index (χ0n) is 25.0. The zero-order chi connectivity index (χ0) is 30.7. The van der Waals surface area contributed by atoms with E-state index in [9.17, 15) is 0 Å². The van der Waals surface area contributed by atoms with Crippen LogP contribution in [0.1, 0.15) is 23.1 Å². The molecule has 1 aliphatic heterocycles. The minimum Gasteiger partial charge on any atom is -0.291 e. The maximum atomic E-state index is 15.5. The van der Waals surface area contributed by atoms with Gasteiger partial charge in [-0.1, -0.05) is 133 Å². The lowest BCUT2D eigenvalue weighted by molar-refractivity contribution is -0.116. The summed E-state index contributed by atoms with van der Waals surface area (Å²) in [6.07, 6.45) is 2.76. The average molecular weight is 589 g/mol. The molecule has 0 N–H and O–H groups in total. The molecule has 3 nitrogen and oxygen atoms in total. The first-order valence-electron chi connectivity index (χ1n) is 15.7. The van der Waals surface area contributed by atoms with Crippen LogP contribution in [-0.4, -0.2) is 16.5 Å². The second kappa shape index (κ2) is 10.3. The van der Waals surface area contributed by atoms with Crippen LogP contribution in [-0.2, 0) is 10.2 Å². The van der Waals surface area contributed by atoms with Crippen LogP contribution >= 0.6 is 0 Å². The Morgan fingerprint density at radius 3 is 1.83 bits per heavy atom. The third-order valence-corrected chi connectivity index (χ3v) is 9.59. The molecular formula is C43H28N2O. The number of allylic oxidation sites excluding steroid dienone is 2. The summed E-state index contributed by atoms with van der Waals surface area (Å²) in [5.41, 5.74) is 10.4. The van der Waals surface area contributed by atoms with E-state index in [4.69, 9.17) is 9.98 Å². The van der Waals surface area contributed by atoms with Gasteiger partial charge in [0.2, 0.25) is 0 Å². The average Bonchev–Trinajstić information content (AvgIpc) is 3.52. The van der Waals surface area contributed by atoms with Crippen molar-refractivity contribution in [1.82, 2.24) is 4.98 Å². The lowest BCUT2D eigenvalue weighted by Gasteiger charge is -2.38. The summed E-state index contributed by atoms with van der Waals surface area (Å²) in [5, 5.41) is 2.10. The Balaban J connectivity index is 1.32. The molecule has 6 aromatic carbocycles. The predicted octanol–water partition coefficient (Wildman–Crippen LogP) is 10.2. The first kappa shape index (κ1) is 26.5. The summed E-state index contributed by atoms with van der Waals surface area (Å²) >= 11 is 0. The number of nitrogens with zero attached hydrogens (tertiary/aromatic N) is 2. The van der Waals surface area contributed by atoms with E-state index in [0.29, 0.717) is 12.1 Å². The minimum atomic E-state index is -0.996. The summed E-state index contributed by atoms with van der Waals surface area (Å²) in [4.78, 5) is 25.6. The normalized spacial score (nSPS) is 14.9. The van der Waals surface area contributed by atoms with Gasteiger partial charge in [0.05, 0.1) is 22.1 Å². The highest BCUT2D eigenvalue weighted by Gasteiger charge is 2.50. The van der Waals surface area contributed by atoms with E-state index in [1.807, 2.05) is 42.5 Å². The van der Waals surface area contributed by atoms with Gasteiger partial charge in [-0.15, -0.1) is 0 Å². The summed E-state index contributed by atoms with van der Waals surface area (Å²) in [6.45, 7) is 0. The molecule has 0 saturated heterocycles. The molecule has 0 radical (unpaired) electrons. The van der Waals surface area contributed by atoms with Crippen LogP contribution in [0, 0.1) is 0 Å².